The summed E-state index contributed by atoms with van der Waals surface area (Å²) in [7, 11) is 0. The predicted octanol–water partition coefficient (Wildman–Crippen LogP) is 3.74. The Morgan fingerprint density at radius 3 is 2.56 bits per heavy atom. The minimum Gasteiger partial charge on any atom is -0.481 e. The molecule has 1 spiro atoms. The molecule has 1 atom stereocenters. The first-order valence-corrected chi connectivity index (χ1v) is 12.6. The van der Waals surface area contributed by atoms with E-state index in [0.717, 1.165) is 37.9 Å². The van der Waals surface area contributed by atoms with E-state index in [1.54, 1.807) is 12.4 Å². The smallest absolute Gasteiger partial charge is 0.408 e. The fraction of sp³-hybridized carbons (Fsp3) is 0.520. The molecule has 2 aromatic rings. The summed E-state index contributed by atoms with van der Waals surface area (Å²) in [6, 6.07) is 8.22. The molecule has 3 N–H and O–H groups in total. The number of rotatable bonds is 6. The second kappa shape index (κ2) is 9.54. The van der Waals surface area contributed by atoms with E-state index in [1.807, 2.05) is 32.9 Å². The first kappa shape index (κ1) is 24.5. The van der Waals surface area contributed by atoms with Crippen LogP contribution in [-0.2, 0) is 21.5 Å². The minimum atomic E-state index is -0.884. The maximum absolute atomic E-state index is 13.2. The van der Waals surface area contributed by atoms with Crippen molar-refractivity contribution >= 4 is 23.8 Å². The zero-order valence-electron chi connectivity index (χ0n) is 19.9. The van der Waals surface area contributed by atoms with Crippen LogP contribution in [0.3, 0.4) is 0 Å². The van der Waals surface area contributed by atoms with Crippen molar-refractivity contribution < 1.29 is 19.4 Å². The van der Waals surface area contributed by atoms with Crippen LogP contribution in [0.4, 0.5) is 4.79 Å². The Balaban J connectivity index is 1.78. The van der Waals surface area contributed by atoms with Crippen LogP contribution in [0.5, 0.6) is 0 Å². The molecular weight excluding hydrogens is 452 g/mol. The van der Waals surface area contributed by atoms with Crippen LogP contribution in [0.15, 0.2) is 41.7 Å². The monoisotopic (exact) mass is 484 g/mol. The van der Waals surface area contributed by atoms with E-state index < -0.39 is 23.2 Å². The average molecular weight is 485 g/mol. The molecule has 2 heterocycles. The van der Waals surface area contributed by atoms with Crippen molar-refractivity contribution in [1.29, 1.82) is 0 Å². The van der Waals surface area contributed by atoms with Crippen molar-refractivity contribution in [2.45, 2.75) is 62.6 Å². The van der Waals surface area contributed by atoms with Gasteiger partial charge in [0.25, 0.3) is 0 Å². The van der Waals surface area contributed by atoms with Crippen molar-refractivity contribution in [3.63, 3.8) is 0 Å². The topological polar surface area (TPSA) is 113 Å². The molecule has 34 heavy (non-hydrogen) atoms. The van der Waals surface area contributed by atoms with Crippen molar-refractivity contribution in [3.05, 3.63) is 53.5 Å². The summed E-state index contributed by atoms with van der Waals surface area (Å²) in [5, 5.41) is 16.3. The summed E-state index contributed by atoms with van der Waals surface area (Å²) in [4.78, 5) is 33.5. The number of nitrogens with zero attached hydrogens (tertiary/aromatic N) is 2. The molecule has 1 aromatic carbocycles. The van der Waals surface area contributed by atoms with Gasteiger partial charge in [0.2, 0.25) is 0 Å². The quantitative estimate of drug-likeness (QED) is 0.532. The number of amides is 1. The van der Waals surface area contributed by atoms with Gasteiger partial charge in [-0.2, -0.15) is 0 Å². The summed E-state index contributed by atoms with van der Waals surface area (Å²) in [6.45, 7) is 7.26. The number of carboxylic acids is 1. The van der Waals surface area contributed by atoms with E-state index >= 15 is 0 Å². The van der Waals surface area contributed by atoms with Gasteiger partial charge in [-0.15, -0.1) is 11.8 Å². The van der Waals surface area contributed by atoms with Gasteiger partial charge in [-0.05, 0) is 64.3 Å². The summed E-state index contributed by atoms with van der Waals surface area (Å²) in [5.41, 5.74) is 1.11. The van der Waals surface area contributed by atoms with Crippen LogP contribution in [0, 0.1) is 5.41 Å². The standard InChI is InChI=1S/C25H32N4O4S/c1-23(2,3)33-22(32)29-25(19-15-28-20(16-27-19)34-13-8-21(30)31)18-7-5-4-6-17(18)14-24(25)9-11-26-12-10-24/h4-7,15-16,26H,8-14H2,1-3H3,(H,29,32)(H,30,31). The van der Waals surface area contributed by atoms with E-state index in [0.29, 0.717) is 16.5 Å². The highest BCUT2D eigenvalue weighted by atomic mass is 32.2. The first-order chi connectivity index (χ1) is 16.2. The van der Waals surface area contributed by atoms with Gasteiger partial charge in [-0.25, -0.2) is 9.78 Å². The van der Waals surface area contributed by atoms with E-state index in [1.165, 1.54) is 17.3 Å². The Morgan fingerprint density at radius 1 is 1.18 bits per heavy atom. The Kier molecular flexibility index (Phi) is 6.87. The van der Waals surface area contributed by atoms with Crippen LogP contribution < -0.4 is 10.6 Å². The highest BCUT2D eigenvalue weighted by Crippen LogP contribution is 2.57. The molecule has 4 rings (SSSR count). The predicted molar refractivity (Wildman–Crippen MR) is 130 cm³/mol. The lowest BCUT2D eigenvalue weighted by molar-refractivity contribution is -0.136. The molecule has 1 fully saturated rings. The van der Waals surface area contributed by atoms with E-state index in [2.05, 4.69) is 27.8 Å². The van der Waals surface area contributed by atoms with Gasteiger partial charge in [0.05, 0.1) is 24.5 Å². The number of ether oxygens (including phenoxy) is 1. The fourth-order valence-electron chi connectivity index (χ4n) is 5.24. The highest BCUT2D eigenvalue weighted by Gasteiger charge is 2.60. The molecule has 0 saturated carbocycles. The van der Waals surface area contributed by atoms with Crippen LogP contribution in [0.25, 0.3) is 0 Å². The molecule has 1 saturated heterocycles. The number of carboxylic acid groups (broad SMARTS) is 1. The molecule has 1 aliphatic heterocycles. The molecule has 8 nitrogen and oxygen atoms in total. The number of hydrogen-bond donors (Lipinski definition) is 3. The number of hydrogen-bond acceptors (Lipinski definition) is 7. The Morgan fingerprint density at radius 2 is 1.91 bits per heavy atom. The number of carbonyl (C=O) groups excluding carboxylic acids is 1. The summed E-state index contributed by atoms with van der Waals surface area (Å²) >= 11 is 1.36. The second-order valence-corrected chi connectivity index (χ2v) is 11.1. The van der Waals surface area contributed by atoms with Crippen LogP contribution >= 0.6 is 11.8 Å². The summed E-state index contributed by atoms with van der Waals surface area (Å²) < 4.78 is 5.72. The van der Waals surface area contributed by atoms with Crippen molar-refractivity contribution in [3.8, 4) is 0 Å². The molecule has 182 valence electrons. The van der Waals surface area contributed by atoms with E-state index in [4.69, 9.17) is 14.8 Å². The van der Waals surface area contributed by atoms with Crippen LogP contribution in [0.2, 0.25) is 0 Å². The lowest BCUT2D eigenvalue weighted by Gasteiger charge is -2.48. The molecule has 2 aliphatic rings. The number of carbonyl (C=O) groups is 2. The molecule has 0 bridgehead atoms. The molecular formula is C25H32N4O4S. The first-order valence-electron chi connectivity index (χ1n) is 11.6. The van der Waals surface area contributed by atoms with Crippen LogP contribution in [0.1, 0.15) is 56.9 Å². The fourth-order valence-corrected chi connectivity index (χ4v) is 5.98. The van der Waals surface area contributed by atoms with Crippen molar-refractivity contribution in [1.82, 2.24) is 20.6 Å². The molecule has 1 unspecified atom stereocenters. The second-order valence-electron chi connectivity index (χ2n) is 9.97. The van der Waals surface area contributed by atoms with Gasteiger partial charge in [0.1, 0.15) is 16.2 Å². The number of aromatic nitrogens is 2. The van der Waals surface area contributed by atoms with Gasteiger partial charge in [-0.3, -0.25) is 9.78 Å². The largest absolute Gasteiger partial charge is 0.481 e. The number of thioether (sulfide) groups is 1. The lowest BCUT2D eigenvalue weighted by atomic mass is 9.63. The lowest BCUT2D eigenvalue weighted by Crippen LogP contribution is -2.60. The molecule has 1 amide bonds. The Bertz CT molecular complexity index is 1050. The minimum absolute atomic E-state index is 0.0573. The Hall–Kier alpha value is -2.65. The SMILES string of the molecule is CC(C)(C)OC(=O)NC1(c2cnc(SCCC(=O)O)cn2)c2ccccc2CC12CCNCC2. The number of benzene rings is 1. The number of piperidine rings is 1. The van der Waals surface area contributed by atoms with E-state index in [-0.39, 0.29) is 11.8 Å². The van der Waals surface area contributed by atoms with Crippen molar-refractivity contribution in [2.24, 2.45) is 5.41 Å². The number of alkyl carbamates (subject to hydrolysis) is 1. The number of nitrogens with one attached hydrogen (secondary N) is 2. The summed E-state index contributed by atoms with van der Waals surface area (Å²) in [5.74, 6) is -0.420. The zero-order chi connectivity index (χ0) is 24.4. The zero-order valence-corrected chi connectivity index (χ0v) is 20.7. The van der Waals surface area contributed by atoms with Gasteiger partial charge in [0.15, 0.2) is 0 Å². The third-order valence-corrected chi connectivity index (χ3v) is 7.49. The summed E-state index contributed by atoms with van der Waals surface area (Å²) in [6.07, 6.45) is 5.55. The maximum atomic E-state index is 13.2. The third kappa shape index (κ3) is 4.77. The van der Waals surface area contributed by atoms with Crippen LogP contribution in [-0.4, -0.2) is 51.6 Å². The van der Waals surface area contributed by atoms with Gasteiger partial charge >= 0.3 is 12.1 Å². The average Bonchev–Trinajstić information content (AvgIpc) is 3.02. The molecule has 1 aromatic heterocycles. The maximum Gasteiger partial charge on any atom is 0.408 e. The number of aliphatic carboxylic acids is 1. The normalized spacial score (nSPS) is 21.1. The number of fused-ring (bicyclic) bond motifs is 1. The molecule has 0 radical (unpaired) electrons. The third-order valence-electron chi connectivity index (χ3n) is 6.57. The Labute approximate surface area is 204 Å². The van der Waals surface area contributed by atoms with Gasteiger partial charge in [0, 0.05) is 11.2 Å². The van der Waals surface area contributed by atoms with Gasteiger partial charge in [-0.1, -0.05) is 24.3 Å². The molecule has 1 aliphatic carbocycles. The highest BCUT2D eigenvalue weighted by molar-refractivity contribution is 7.99. The van der Waals surface area contributed by atoms with Gasteiger partial charge < -0.3 is 20.5 Å². The van der Waals surface area contributed by atoms with Crippen molar-refractivity contribution in [2.75, 3.05) is 18.8 Å². The van der Waals surface area contributed by atoms with E-state index in [9.17, 15) is 9.59 Å². The molecule has 9 heteroatoms.